The smallest absolute Gasteiger partial charge is 0.306 e. The molecule has 0 aromatic heterocycles. The van der Waals surface area contributed by atoms with E-state index in [1.165, 1.54) is 6.42 Å². The highest BCUT2D eigenvalue weighted by Crippen LogP contribution is 2.64. The van der Waals surface area contributed by atoms with Gasteiger partial charge in [0.2, 0.25) is 0 Å². The molecule has 0 bridgehead atoms. The maximum absolute atomic E-state index is 12.5. The van der Waals surface area contributed by atoms with Crippen LogP contribution in [0.5, 0.6) is 0 Å². The van der Waals surface area contributed by atoms with Crippen molar-refractivity contribution in [2.45, 2.75) is 151 Å². The summed E-state index contributed by atoms with van der Waals surface area (Å²) in [6, 6.07) is 0. The second kappa shape index (κ2) is 14.5. The average Bonchev–Trinajstić information content (AvgIpc) is 2.88. The fourth-order valence-electron chi connectivity index (χ4n) is 8.75. The van der Waals surface area contributed by atoms with E-state index in [1.54, 1.807) is 0 Å². The van der Waals surface area contributed by atoms with Crippen LogP contribution in [0.3, 0.4) is 0 Å². The zero-order chi connectivity index (χ0) is 29.5. The molecule has 8 atom stereocenters. The predicted molar refractivity (Wildman–Crippen MR) is 161 cm³/mol. The van der Waals surface area contributed by atoms with Crippen LogP contribution in [-0.4, -0.2) is 30.4 Å². The Hall–Kier alpha value is -1.65. The number of rotatable bonds is 13. The molecule has 0 aliphatic heterocycles. The van der Waals surface area contributed by atoms with E-state index in [4.69, 9.17) is 9.47 Å². The average molecular weight is 559 g/mol. The molecule has 0 unspecified atom stereocenters. The summed E-state index contributed by atoms with van der Waals surface area (Å²) in [6.45, 7) is 15.4. The van der Waals surface area contributed by atoms with Crippen LogP contribution < -0.4 is 0 Å². The largest absolute Gasteiger partial charge is 0.462 e. The molecule has 0 N–H and O–H groups in total. The third-order valence-corrected chi connectivity index (χ3v) is 11.0. The summed E-state index contributed by atoms with van der Waals surface area (Å²) in [6.07, 6.45) is 16.0. The number of esters is 2. The van der Waals surface area contributed by atoms with Crippen LogP contribution in [0, 0.1) is 40.4 Å². The quantitative estimate of drug-likeness (QED) is 0.129. The lowest BCUT2D eigenvalue weighted by Crippen LogP contribution is -2.54. The van der Waals surface area contributed by atoms with Gasteiger partial charge in [-0.05, 0) is 124 Å². The van der Waals surface area contributed by atoms with Crippen molar-refractivity contribution in [2.75, 3.05) is 0 Å². The van der Waals surface area contributed by atoms with Crippen LogP contribution in [0.4, 0.5) is 0 Å². The highest BCUT2D eigenvalue weighted by molar-refractivity contribution is 5.70. The zero-order valence-electron chi connectivity index (χ0n) is 26.6. The van der Waals surface area contributed by atoms with Crippen molar-refractivity contribution in [2.24, 2.45) is 40.4 Å². The van der Waals surface area contributed by atoms with Crippen molar-refractivity contribution >= 4 is 18.2 Å². The van der Waals surface area contributed by atoms with Gasteiger partial charge in [0, 0.05) is 19.3 Å². The van der Waals surface area contributed by atoms with Gasteiger partial charge in [-0.1, -0.05) is 47.6 Å². The highest BCUT2D eigenvalue weighted by Gasteiger charge is 2.56. The molecule has 3 fully saturated rings. The molecule has 0 amide bonds. The first-order valence-corrected chi connectivity index (χ1v) is 16.5. The number of fused-ring (bicyclic) bond motifs is 3. The van der Waals surface area contributed by atoms with Gasteiger partial charge in [0.1, 0.15) is 18.5 Å². The molecule has 0 aromatic carbocycles. The molecule has 228 valence electrons. The van der Waals surface area contributed by atoms with Crippen molar-refractivity contribution in [3.63, 3.8) is 0 Å². The number of hydrogen-bond acceptors (Lipinski definition) is 5. The number of carbonyl (C=O) groups excluding carboxylic acids is 3. The molecule has 3 aliphatic rings. The maximum Gasteiger partial charge on any atom is 0.306 e. The Morgan fingerprint density at radius 2 is 1.65 bits per heavy atom. The Labute approximate surface area is 244 Å². The van der Waals surface area contributed by atoms with Gasteiger partial charge < -0.3 is 14.3 Å². The molecule has 3 aliphatic carbocycles. The maximum atomic E-state index is 12.5. The first kappa shape index (κ1) is 32.9. The van der Waals surface area contributed by atoms with Crippen molar-refractivity contribution in [3.8, 4) is 0 Å². The second-order valence-electron chi connectivity index (χ2n) is 14.3. The summed E-state index contributed by atoms with van der Waals surface area (Å²) in [5.41, 5.74) is 1.30. The Bertz CT molecular complexity index is 892. The second-order valence-corrected chi connectivity index (χ2v) is 14.3. The van der Waals surface area contributed by atoms with Crippen LogP contribution in [0.15, 0.2) is 11.6 Å². The van der Waals surface area contributed by atoms with Gasteiger partial charge in [0.25, 0.3) is 0 Å². The van der Waals surface area contributed by atoms with Gasteiger partial charge in [-0.25, -0.2) is 0 Å². The topological polar surface area (TPSA) is 69.7 Å². The van der Waals surface area contributed by atoms with Crippen molar-refractivity contribution in [3.05, 3.63) is 11.6 Å². The van der Waals surface area contributed by atoms with E-state index in [1.807, 2.05) is 13.8 Å². The fourth-order valence-corrected chi connectivity index (χ4v) is 8.75. The highest BCUT2D eigenvalue weighted by atomic mass is 16.5. The SMILES string of the molecule is CCCC(=O)O[C@H]1CC[C@@]2(C)[C@@H](CC[C@@H]3[C@@H]2CC[C@](C)(/C=C(\C)[C@@H](CCC(C)C)OC(=O)CCC)[C@H]3CC=O)C1. The minimum absolute atomic E-state index is 0.0431. The molecular weight excluding hydrogens is 500 g/mol. The summed E-state index contributed by atoms with van der Waals surface area (Å²) in [7, 11) is 0. The van der Waals surface area contributed by atoms with Crippen LogP contribution in [0.2, 0.25) is 0 Å². The number of carbonyl (C=O) groups is 3. The van der Waals surface area contributed by atoms with E-state index in [2.05, 4.69) is 40.7 Å². The Balaban J connectivity index is 1.80. The van der Waals surface area contributed by atoms with Crippen molar-refractivity contribution in [1.82, 2.24) is 0 Å². The number of allylic oxidation sites excluding steroid dienone is 1. The van der Waals surface area contributed by atoms with Crippen LogP contribution in [-0.2, 0) is 23.9 Å². The minimum Gasteiger partial charge on any atom is -0.462 e. The summed E-state index contributed by atoms with van der Waals surface area (Å²) in [5, 5.41) is 0. The van der Waals surface area contributed by atoms with Crippen LogP contribution in [0.25, 0.3) is 0 Å². The summed E-state index contributed by atoms with van der Waals surface area (Å²) < 4.78 is 11.9. The lowest BCUT2D eigenvalue weighted by atomic mass is 9.44. The fraction of sp³-hybridized carbons (Fsp3) is 0.857. The molecule has 3 rings (SSSR count). The van der Waals surface area contributed by atoms with Gasteiger partial charge in [-0.15, -0.1) is 0 Å². The summed E-state index contributed by atoms with van der Waals surface area (Å²) in [4.78, 5) is 36.7. The molecule has 5 nitrogen and oxygen atoms in total. The minimum atomic E-state index is -0.188. The summed E-state index contributed by atoms with van der Waals surface area (Å²) >= 11 is 0. The molecule has 0 radical (unpaired) electrons. The van der Waals surface area contributed by atoms with Crippen molar-refractivity contribution < 1.29 is 23.9 Å². The van der Waals surface area contributed by atoms with Crippen LogP contribution >= 0.6 is 0 Å². The monoisotopic (exact) mass is 558 g/mol. The lowest BCUT2D eigenvalue weighted by Gasteiger charge is -2.61. The standard InChI is InChI=1S/C35H58O5/c1-8-10-32(37)39-27-16-20-35(7)26(22-27)13-14-28-29(18-21-36)34(6,19-17-30(28)35)23-25(5)31(15-12-24(3)4)40-33(38)11-9-2/h21,23-24,26-31H,8-20,22H2,1-7H3/b25-23+/t26-,27-,28-,29-,30-,31+,34+,35-/m0/s1. The van der Waals surface area contributed by atoms with Gasteiger partial charge >= 0.3 is 11.9 Å². The van der Waals surface area contributed by atoms with Crippen molar-refractivity contribution in [1.29, 1.82) is 0 Å². The zero-order valence-corrected chi connectivity index (χ0v) is 26.6. The molecule has 5 heteroatoms. The molecule has 0 heterocycles. The van der Waals surface area contributed by atoms with Gasteiger partial charge in [0.05, 0.1) is 0 Å². The van der Waals surface area contributed by atoms with E-state index >= 15 is 0 Å². The third-order valence-electron chi connectivity index (χ3n) is 11.0. The van der Waals surface area contributed by atoms with E-state index in [0.29, 0.717) is 48.9 Å². The Morgan fingerprint density at radius 1 is 0.950 bits per heavy atom. The third kappa shape index (κ3) is 7.79. The number of aldehydes is 1. The van der Waals surface area contributed by atoms with Crippen LogP contribution in [0.1, 0.15) is 138 Å². The van der Waals surface area contributed by atoms with Gasteiger partial charge in [-0.3, -0.25) is 9.59 Å². The normalized spacial score (nSPS) is 34.9. The Kier molecular flexibility index (Phi) is 11.9. The first-order valence-electron chi connectivity index (χ1n) is 16.5. The predicted octanol–water partition coefficient (Wildman–Crippen LogP) is 8.63. The Morgan fingerprint density at radius 3 is 2.30 bits per heavy atom. The van der Waals surface area contributed by atoms with E-state index < -0.39 is 0 Å². The molecule has 3 saturated carbocycles. The molecule has 0 aromatic rings. The molecule has 40 heavy (non-hydrogen) atoms. The molecule has 0 spiro atoms. The number of hydrogen-bond donors (Lipinski definition) is 0. The first-order chi connectivity index (χ1) is 19.0. The van der Waals surface area contributed by atoms with E-state index in [0.717, 1.165) is 76.1 Å². The molecule has 0 saturated heterocycles. The molecular formula is C35H58O5. The van der Waals surface area contributed by atoms with Gasteiger partial charge in [-0.2, -0.15) is 0 Å². The lowest BCUT2D eigenvalue weighted by molar-refractivity contribution is -0.161. The van der Waals surface area contributed by atoms with Gasteiger partial charge in [0.15, 0.2) is 0 Å². The number of ether oxygens (including phenoxy) is 2. The summed E-state index contributed by atoms with van der Waals surface area (Å²) in [5.74, 6) is 2.40. The van der Waals surface area contributed by atoms with E-state index in [9.17, 15) is 14.4 Å². The van der Waals surface area contributed by atoms with E-state index in [-0.39, 0.29) is 35.0 Å².